The molecule has 1 amide bonds. The van der Waals surface area contributed by atoms with Crippen LogP contribution in [0.5, 0.6) is 0 Å². The topological polar surface area (TPSA) is 35.6 Å². The highest BCUT2D eigenvalue weighted by Crippen LogP contribution is 2.26. The Labute approximate surface area is 140 Å². The van der Waals surface area contributed by atoms with Crippen LogP contribution in [0.2, 0.25) is 4.34 Å². The van der Waals surface area contributed by atoms with Crippen LogP contribution in [0.15, 0.2) is 11.4 Å². The molecule has 0 radical (unpaired) electrons. The fourth-order valence-corrected chi connectivity index (χ4v) is 4.02. The summed E-state index contributed by atoms with van der Waals surface area (Å²) < 4.78 is 0.894. The molecule has 21 heavy (non-hydrogen) atoms. The fraction of sp³-hybridized carbons (Fsp3) is 0.643. The maximum atomic E-state index is 12.0. The van der Waals surface area contributed by atoms with E-state index in [1.54, 1.807) is 11.3 Å². The molecule has 2 fully saturated rings. The zero-order valence-electron chi connectivity index (χ0n) is 11.9. The van der Waals surface area contributed by atoms with Crippen molar-refractivity contribution < 1.29 is 4.79 Å². The first-order chi connectivity index (χ1) is 9.74. The Bertz CT molecular complexity index is 483. The van der Waals surface area contributed by atoms with Gasteiger partial charge in [0.05, 0.1) is 10.9 Å². The number of hydrogen-bond acceptors (Lipinski definition) is 4. The van der Waals surface area contributed by atoms with Crippen LogP contribution in [-0.2, 0) is 11.3 Å². The Morgan fingerprint density at radius 2 is 2.29 bits per heavy atom. The summed E-state index contributed by atoms with van der Waals surface area (Å²) in [6, 6.07) is 2.47. The monoisotopic (exact) mass is 349 g/mol. The van der Waals surface area contributed by atoms with E-state index in [1.807, 2.05) is 5.38 Å². The highest BCUT2D eigenvalue weighted by Gasteiger charge is 2.30. The lowest BCUT2D eigenvalue weighted by molar-refractivity contribution is -0.135. The van der Waals surface area contributed by atoms with Gasteiger partial charge in [0.25, 0.3) is 0 Å². The predicted octanol–water partition coefficient (Wildman–Crippen LogP) is 2.22. The summed E-state index contributed by atoms with van der Waals surface area (Å²) in [4.78, 5) is 16.5. The van der Waals surface area contributed by atoms with Crippen LogP contribution in [-0.4, -0.2) is 54.5 Å². The standard InChI is InChI=1S/C14H20ClN3OS.ClH/c15-14-11(3-7-20-14)9-17-5-1-2-12(10-17)18-6-4-16-8-13(18)19;/h3,7,12,16H,1-2,4-6,8-10H2;1H. The molecule has 4 nitrogen and oxygen atoms in total. The molecule has 3 rings (SSSR count). The Hall–Kier alpha value is -0.330. The van der Waals surface area contributed by atoms with Crippen LogP contribution in [0.1, 0.15) is 18.4 Å². The van der Waals surface area contributed by atoms with Crippen molar-refractivity contribution in [2.45, 2.75) is 25.4 Å². The molecule has 1 N–H and O–H groups in total. The first kappa shape index (κ1) is 17.0. The first-order valence-corrected chi connectivity index (χ1v) is 8.44. The molecule has 2 aliphatic rings. The van der Waals surface area contributed by atoms with E-state index in [0.717, 1.165) is 49.9 Å². The van der Waals surface area contributed by atoms with Crippen molar-refractivity contribution in [3.63, 3.8) is 0 Å². The largest absolute Gasteiger partial charge is 0.336 e. The molecule has 0 aliphatic carbocycles. The Balaban J connectivity index is 0.00000161. The first-order valence-electron chi connectivity index (χ1n) is 7.18. The summed E-state index contributed by atoms with van der Waals surface area (Å²) in [7, 11) is 0. The minimum Gasteiger partial charge on any atom is -0.336 e. The van der Waals surface area contributed by atoms with Gasteiger partial charge >= 0.3 is 0 Å². The lowest BCUT2D eigenvalue weighted by Crippen LogP contribution is -2.56. The van der Waals surface area contributed by atoms with Gasteiger partial charge in [-0.1, -0.05) is 11.6 Å². The van der Waals surface area contributed by atoms with Gasteiger partial charge in [0, 0.05) is 32.2 Å². The second kappa shape index (κ2) is 7.79. The van der Waals surface area contributed by atoms with E-state index >= 15 is 0 Å². The van der Waals surface area contributed by atoms with E-state index in [9.17, 15) is 4.79 Å². The van der Waals surface area contributed by atoms with E-state index in [2.05, 4.69) is 21.2 Å². The molecule has 1 atom stereocenters. The number of hydrogen-bond donors (Lipinski definition) is 1. The second-order valence-electron chi connectivity index (χ2n) is 5.51. The van der Waals surface area contributed by atoms with Crippen molar-refractivity contribution in [2.24, 2.45) is 0 Å². The van der Waals surface area contributed by atoms with Crippen LogP contribution >= 0.6 is 35.3 Å². The van der Waals surface area contributed by atoms with E-state index in [4.69, 9.17) is 11.6 Å². The number of amides is 1. The Morgan fingerprint density at radius 3 is 3.00 bits per heavy atom. The van der Waals surface area contributed by atoms with Crippen molar-refractivity contribution in [3.8, 4) is 0 Å². The molecule has 2 saturated heterocycles. The van der Waals surface area contributed by atoms with Crippen LogP contribution in [0, 0.1) is 0 Å². The SMILES string of the molecule is Cl.O=C1CNCCN1C1CCCN(Cc2ccsc2Cl)C1. The van der Waals surface area contributed by atoms with Gasteiger partial charge in [-0.2, -0.15) is 0 Å². The van der Waals surface area contributed by atoms with Gasteiger partial charge in [0.1, 0.15) is 0 Å². The third kappa shape index (κ3) is 4.11. The molecule has 7 heteroatoms. The van der Waals surface area contributed by atoms with Crippen molar-refractivity contribution in [1.29, 1.82) is 0 Å². The number of nitrogens with zero attached hydrogens (tertiary/aromatic N) is 2. The van der Waals surface area contributed by atoms with Gasteiger partial charge in [-0.05, 0) is 36.4 Å². The van der Waals surface area contributed by atoms with Gasteiger partial charge in [0.2, 0.25) is 5.91 Å². The average molecular weight is 350 g/mol. The summed E-state index contributed by atoms with van der Waals surface area (Å²) in [5, 5.41) is 5.18. The van der Waals surface area contributed by atoms with E-state index < -0.39 is 0 Å². The fourth-order valence-electron chi connectivity index (χ4n) is 3.11. The smallest absolute Gasteiger partial charge is 0.236 e. The van der Waals surface area contributed by atoms with Crippen molar-refractivity contribution in [1.82, 2.24) is 15.1 Å². The number of nitrogens with one attached hydrogen (secondary N) is 1. The molecule has 0 spiro atoms. The highest BCUT2D eigenvalue weighted by molar-refractivity contribution is 7.14. The van der Waals surface area contributed by atoms with E-state index in [-0.39, 0.29) is 18.3 Å². The molecule has 3 heterocycles. The maximum Gasteiger partial charge on any atom is 0.236 e. The molecule has 2 aliphatic heterocycles. The lowest BCUT2D eigenvalue weighted by Gasteiger charge is -2.41. The van der Waals surface area contributed by atoms with Crippen LogP contribution in [0.4, 0.5) is 0 Å². The summed E-state index contributed by atoms with van der Waals surface area (Å²) in [6.45, 7) is 5.22. The van der Waals surface area contributed by atoms with Crippen LogP contribution < -0.4 is 5.32 Å². The number of likely N-dealkylation sites (tertiary alicyclic amines) is 1. The number of piperazine rings is 1. The van der Waals surface area contributed by atoms with E-state index in [1.165, 1.54) is 5.56 Å². The number of halogens is 2. The highest BCUT2D eigenvalue weighted by atomic mass is 35.5. The van der Waals surface area contributed by atoms with Crippen molar-refractivity contribution >= 4 is 41.3 Å². The van der Waals surface area contributed by atoms with Gasteiger partial charge in [-0.3, -0.25) is 9.69 Å². The van der Waals surface area contributed by atoms with Crippen molar-refractivity contribution in [2.75, 3.05) is 32.7 Å². The molecule has 1 unspecified atom stereocenters. The number of thiophene rings is 1. The zero-order chi connectivity index (χ0) is 13.9. The van der Waals surface area contributed by atoms with Gasteiger partial charge in [-0.25, -0.2) is 0 Å². The average Bonchev–Trinajstić information content (AvgIpc) is 2.85. The summed E-state index contributed by atoms with van der Waals surface area (Å²) in [5.74, 6) is 0.247. The third-order valence-electron chi connectivity index (χ3n) is 4.13. The third-order valence-corrected chi connectivity index (χ3v) is 5.39. The summed E-state index contributed by atoms with van der Waals surface area (Å²) in [5.41, 5.74) is 1.21. The Kier molecular flexibility index (Phi) is 6.32. The van der Waals surface area contributed by atoms with E-state index in [0.29, 0.717) is 12.6 Å². The minimum atomic E-state index is 0. The molecular formula is C14H21Cl2N3OS. The quantitative estimate of drug-likeness (QED) is 0.908. The molecule has 0 aromatic carbocycles. The van der Waals surface area contributed by atoms with Crippen molar-refractivity contribution in [3.05, 3.63) is 21.3 Å². The molecule has 1 aromatic rings. The number of piperidine rings is 1. The van der Waals surface area contributed by atoms with Crippen LogP contribution in [0.3, 0.4) is 0 Å². The summed E-state index contributed by atoms with van der Waals surface area (Å²) in [6.07, 6.45) is 2.28. The number of carbonyl (C=O) groups excluding carboxylic acids is 1. The maximum absolute atomic E-state index is 12.0. The normalized spacial score (nSPS) is 24.0. The molecule has 0 saturated carbocycles. The minimum absolute atomic E-state index is 0. The predicted molar refractivity (Wildman–Crippen MR) is 89.5 cm³/mol. The number of carbonyl (C=O) groups is 1. The molecular weight excluding hydrogens is 329 g/mol. The number of rotatable bonds is 3. The summed E-state index contributed by atoms with van der Waals surface area (Å²) >= 11 is 7.77. The van der Waals surface area contributed by atoms with Gasteiger partial charge in [-0.15, -0.1) is 23.7 Å². The van der Waals surface area contributed by atoms with Crippen LogP contribution in [0.25, 0.3) is 0 Å². The molecule has 1 aromatic heterocycles. The Morgan fingerprint density at radius 1 is 1.43 bits per heavy atom. The molecule has 0 bridgehead atoms. The molecule has 118 valence electrons. The lowest BCUT2D eigenvalue weighted by atomic mass is 10.0. The van der Waals surface area contributed by atoms with Gasteiger partial charge in [0.15, 0.2) is 0 Å². The van der Waals surface area contributed by atoms with Gasteiger partial charge < -0.3 is 10.2 Å². The second-order valence-corrected chi connectivity index (χ2v) is 7.03. The zero-order valence-corrected chi connectivity index (χ0v) is 14.3.